The van der Waals surface area contributed by atoms with Crippen LogP contribution in [0.15, 0.2) is 72.8 Å². The summed E-state index contributed by atoms with van der Waals surface area (Å²) in [6.45, 7) is 0. The van der Waals surface area contributed by atoms with E-state index in [0.29, 0.717) is 5.39 Å². The Morgan fingerprint density at radius 3 is 1.88 bits per heavy atom. The van der Waals surface area contributed by atoms with E-state index in [2.05, 4.69) is 5.92 Å². The summed E-state index contributed by atoms with van der Waals surface area (Å²) in [5.41, 5.74) is 2.93. The predicted molar refractivity (Wildman–Crippen MR) is 101 cm³/mol. The van der Waals surface area contributed by atoms with Gasteiger partial charge in [0.05, 0.1) is 10.3 Å². The van der Waals surface area contributed by atoms with Gasteiger partial charge in [-0.15, -0.1) is 6.42 Å². The lowest BCUT2D eigenvalue weighted by Crippen LogP contribution is -1.91. The summed E-state index contributed by atoms with van der Waals surface area (Å²) in [6, 6.07) is 22.7. The van der Waals surface area contributed by atoms with E-state index in [1.54, 1.807) is 12.1 Å². The number of nitro groups is 1. The Balaban J connectivity index is 2.10. The lowest BCUT2D eigenvalue weighted by molar-refractivity contribution is -0.383. The maximum absolute atomic E-state index is 11.3. The monoisotopic (exact) mass is 323 g/mol. The van der Waals surface area contributed by atoms with Gasteiger partial charge in [0, 0.05) is 11.6 Å². The molecule has 0 bridgehead atoms. The van der Waals surface area contributed by atoms with Crippen molar-refractivity contribution in [2.45, 2.75) is 0 Å². The first-order valence-electron chi connectivity index (χ1n) is 7.85. The van der Waals surface area contributed by atoms with Crippen LogP contribution in [0, 0.1) is 22.5 Å². The van der Waals surface area contributed by atoms with E-state index in [1.807, 2.05) is 54.6 Å². The minimum atomic E-state index is -0.342. The second kappa shape index (κ2) is 5.77. The molecule has 3 nitrogen and oxygen atoms in total. The molecule has 0 fully saturated rings. The highest BCUT2D eigenvalue weighted by Crippen LogP contribution is 2.37. The van der Waals surface area contributed by atoms with Crippen molar-refractivity contribution in [1.29, 1.82) is 0 Å². The molecule has 0 N–H and O–H groups in total. The molecule has 0 saturated heterocycles. The third-order valence-electron chi connectivity index (χ3n) is 4.46. The highest BCUT2D eigenvalue weighted by molar-refractivity contribution is 6.08. The number of fused-ring (bicyclic) bond motifs is 2. The van der Waals surface area contributed by atoms with Crippen LogP contribution in [0.1, 0.15) is 5.56 Å². The van der Waals surface area contributed by atoms with Crippen molar-refractivity contribution in [2.75, 3.05) is 0 Å². The zero-order valence-electron chi connectivity index (χ0n) is 13.3. The third kappa shape index (κ3) is 2.32. The number of nitrogens with zero attached hydrogens (tertiary/aromatic N) is 1. The van der Waals surface area contributed by atoms with Gasteiger partial charge in [0.25, 0.3) is 5.69 Å². The topological polar surface area (TPSA) is 43.1 Å². The van der Waals surface area contributed by atoms with Gasteiger partial charge in [0.2, 0.25) is 0 Å². The Hall–Kier alpha value is -3.64. The Labute approximate surface area is 144 Å². The molecular weight excluding hydrogens is 310 g/mol. The van der Waals surface area contributed by atoms with Gasteiger partial charge in [-0.1, -0.05) is 60.5 Å². The molecule has 0 aliphatic rings. The smallest absolute Gasteiger partial charge is 0.258 e. The van der Waals surface area contributed by atoms with Crippen molar-refractivity contribution in [3.05, 3.63) is 88.5 Å². The molecule has 25 heavy (non-hydrogen) atoms. The molecule has 4 rings (SSSR count). The van der Waals surface area contributed by atoms with Crippen molar-refractivity contribution in [2.24, 2.45) is 0 Å². The average Bonchev–Trinajstić information content (AvgIpc) is 2.66. The number of hydrogen-bond acceptors (Lipinski definition) is 2. The Morgan fingerprint density at radius 1 is 0.720 bits per heavy atom. The van der Waals surface area contributed by atoms with Crippen molar-refractivity contribution in [3.63, 3.8) is 0 Å². The Kier molecular flexibility index (Phi) is 3.45. The molecular formula is C22H13NO2. The van der Waals surface area contributed by atoms with Gasteiger partial charge in [0.15, 0.2) is 0 Å². The van der Waals surface area contributed by atoms with Gasteiger partial charge < -0.3 is 0 Å². The van der Waals surface area contributed by atoms with Gasteiger partial charge in [-0.2, -0.15) is 0 Å². The van der Waals surface area contributed by atoms with E-state index in [0.717, 1.165) is 32.8 Å². The van der Waals surface area contributed by atoms with Crippen LogP contribution in [-0.4, -0.2) is 4.92 Å². The summed E-state index contributed by atoms with van der Waals surface area (Å²) in [4.78, 5) is 11.0. The minimum absolute atomic E-state index is 0.115. The number of benzene rings is 4. The van der Waals surface area contributed by atoms with Crippen LogP contribution in [0.25, 0.3) is 32.7 Å². The number of terminal acetylenes is 1. The Bertz CT molecular complexity index is 1190. The fraction of sp³-hybridized carbons (Fsp3) is 0. The highest BCUT2D eigenvalue weighted by Gasteiger charge is 2.15. The van der Waals surface area contributed by atoms with Crippen LogP contribution in [0.3, 0.4) is 0 Å². The largest absolute Gasteiger partial charge is 0.277 e. The molecule has 0 saturated carbocycles. The molecule has 0 aliphatic heterocycles. The van der Waals surface area contributed by atoms with Gasteiger partial charge in [-0.25, -0.2) is 0 Å². The SMILES string of the molecule is C#Cc1cccc2c(-c3cccc4c([N+](=O)[O-])cccc34)cccc12. The van der Waals surface area contributed by atoms with E-state index in [-0.39, 0.29) is 10.6 Å². The van der Waals surface area contributed by atoms with E-state index < -0.39 is 0 Å². The first-order chi connectivity index (χ1) is 12.2. The quantitative estimate of drug-likeness (QED) is 0.276. The maximum atomic E-state index is 11.3. The highest BCUT2D eigenvalue weighted by atomic mass is 16.6. The zero-order chi connectivity index (χ0) is 17.4. The molecule has 118 valence electrons. The Morgan fingerprint density at radius 2 is 1.24 bits per heavy atom. The van der Waals surface area contributed by atoms with Crippen LogP contribution in [-0.2, 0) is 0 Å². The summed E-state index contributed by atoms with van der Waals surface area (Å²) < 4.78 is 0. The average molecular weight is 323 g/mol. The molecule has 0 heterocycles. The van der Waals surface area contributed by atoms with E-state index >= 15 is 0 Å². The number of rotatable bonds is 2. The molecule has 0 aromatic heterocycles. The van der Waals surface area contributed by atoms with Gasteiger partial charge in [-0.3, -0.25) is 10.1 Å². The predicted octanol–water partition coefficient (Wildman–Crippen LogP) is 5.55. The van der Waals surface area contributed by atoms with Crippen molar-refractivity contribution < 1.29 is 4.92 Å². The molecule has 0 radical (unpaired) electrons. The lowest BCUT2D eigenvalue weighted by Gasteiger charge is -2.11. The molecule has 0 amide bonds. The van der Waals surface area contributed by atoms with Crippen LogP contribution in [0.2, 0.25) is 0 Å². The van der Waals surface area contributed by atoms with Gasteiger partial charge >= 0.3 is 0 Å². The summed E-state index contributed by atoms with van der Waals surface area (Å²) in [7, 11) is 0. The van der Waals surface area contributed by atoms with E-state index in [1.165, 1.54) is 6.07 Å². The molecule has 0 unspecified atom stereocenters. The zero-order valence-corrected chi connectivity index (χ0v) is 13.3. The van der Waals surface area contributed by atoms with Gasteiger partial charge in [-0.05, 0) is 39.4 Å². The summed E-state index contributed by atoms with van der Waals surface area (Å²) >= 11 is 0. The minimum Gasteiger partial charge on any atom is -0.258 e. The van der Waals surface area contributed by atoms with Crippen molar-refractivity contribution in [1.82, 2.24) is 0 Å². The normalized spacial score (nSPS) is 10.7. The summed E-state index contributed by atoms with van der Waals surface area (Å²) in [5, 5.41) is 14.9. The molecule has 0 atom stereocenters. The van der Waals surface area contributed by atoms with Crippen molar-refractivity contribution >= 4 is 27.2 Å². The number of nitro benzene ring substituents is 1. The fourth-order valence-corrected chi connectivity index (χ4v) is 3.36. The first kappa shape index (κ1) is 14.9. The van der Waals surface area contributed by atoms with Crippen LogP contribution < -0.4 is 0 Å². The van der Waals surface area contributed by atoms with E-state index in [9.17, 15) is 10.1 Å². The van der Waals surface area contributed by atoms with E-state index in [4.69, 9.17) is 6.42 Å². The van der Waals surface area contributed by atoms with Crippen LogP contribution >= 0.6 is 0 Å². The van der Waals surface area contributed by atoms with Crippen molar-refractivity contribution in [3.8, 4) is 23.5 Å². The first-order valence-corrected chi connectivity index (χ1v) is 7.85. The van der Waals surface area contributed by atoms with Gasteiger partial charge in [0.1, 0.15) is 0 Å². The third-order valence-corrected chi connectivity index (χ3v) is 4.46. The number of hydrogen-bond donors (Lipinski definition) is 0. The van der Waals surface area contributed by atoms with Crippen LogP contribution in [0.4, 0.5) is 5.69 Å². The summed E-state index contributed by atoms with van der Waals surface area (Å²) in [6.07, 6.45) is 5.62. The molecule has 0 spiro atoms. The molecule has 0 aliphatic carbocycles. The van der Waals surface area contributed by atoms with Crippen LogP contribution in [0.5, 0.6) is 0 Å². The second-order valence-electron chi connectivity index (χ2n) is 5.79. The fourth-order valence-electron chi connectivity index (χ4n) is 3.36. The lowest BCUT2D eigenvalue weighted by atomic mass is 9.92. The maximum Gasteiger partial charge on any atom is 0.277 e. The number of non-ortho nitro benzene ring substituents is 1. The second-order valence-corrected chi connectivity index (χ2v) is 5.79. The molecule has 3 heteroatoms. The molecule has 4 aromatic rings. The standard InChI is InChI=1S/C22H13NO2/c1-2-15-7-3-9-17-16(15)8-4-10-18(17)19-11-5-13-21-20(19)12-6-14-22(21)23(24)25/h1,3-14H. The summed E-state index contributed by atoms with van der Waals surface area (Å²) in [5.74, 6) is 2.72. The molecule has 4 aromatic carbocycles.